The van der Waals surface area contributed by atoms with Crippen LogP contribution in [-0.4, -0.2) is 10.9 Å². The second-order valence-electron chi connectivity index (χ2n) is 8.47. The van der Waals surface area contributed by atoms with Gasteiger partial charge in [-0.15, -0.1) is 0 Å². The second-order valence-corrected chi connectivity index (χ2v) is 8.47. The van der Waals surface area contributed by atoms with Crippen LogP contribution in [0.25, 0.3) is 11.3 Å². The molecule has 0 radical (unpaired) electrons. The summed E-state index contributed by atoms with van der Waals surface area (Å²) in [5, 5.41) is 3.24. The molecule has 2 aromatic carbocycles. The van der Waals surface area contributed by atoms with Crippen LogP contribution in [0.1, 0.15) is 62.6 Å². The number of nitrogens with one attached hydrogen (secondary N) is 1. The quantitative estimate of drug-likeness (QED) is 0.598. The van der Waals surface area contributed by atoms with Crippen LogP contribution in [-0.2, 0) is 16.6 Å². The molecule has 1 aliphatic carbocycles. The Morgan fingerprint density at radius 1 is 1.14 bits per heavy atom. The monoisotopic (exact) mass is 388 g/mol. The van der Waals surface area contributed by atoms with Crippen LogP contribution in [0.3, 0.4) is 0 Å². The second kappa shape index (κ2) is 8.24. The van der Waals surface area contributed by atoms with Crippen LogP contribution < -0.4 is 5.32 Å². The normalized spacial score (nSPS) is 17.5. The summed E-state index contributed by atoms with van der Waals surface area (Å²) < 4.78 is 5.83. The van der Waals surface area contributed by atoms with E-state index in [0.717, 1.165) is 30.6 Å². The zero-order valence-electron chi connectivity index (χ0n) is 17.2. The molecule has 1 heterocycles. The van der Waals surface area contributed by atoms with Crippen molar-refractivity contribution in [1.29, 1.82) is 0 Å². The molecule has 4 heteroatoms. The number of fused-ring (bicyclic) bond motifs is 1. The first-order valence-electron chi connectivity index (χ1n) is 10.4. The topological polar surface area (TPSA) is 55.1 Å². The average molecular weight is 389 g/mol. The van der Waals surface area contributed by atoms with Crippen LogP contribution in [0.4, 0.5) is 0 Å². The number of hydrogen-bond acceptors (Lipinski definition) is 3. The van der Waals surface area contributed by atoms with E-state index in [1.165, 1.54) is 11.1 Å². The van der Waals surface area contributed by atoms with Gasteiger partial charge in [0.05, 0.1) is 12.2 Å². The van der Waals surface area contributed by atoms with Gasteiger partial charge >= 0.3 is 0 Å². The van der Waals surface area contributed by atoms with Crippen molar-refractivity contribution >= 4 is 5.91 Å². The van der Waals surface area contributed by atoms with E-state index in [4.69, 9.17) is 4.42 Å². The van der Waals surface area contributed by atoms with Gasteiger partial charge in [0, 0.05) is 18.4 Å². The van der Waals surface area contributed by atoms with E-state index >= 15 is 0 Å². The summed E-state index contributed by atoms with van der Waals surface area (Å²) in [4.78, 5) is 16.9. The maximum absolute atomic E-state index is 12.5. The predicted octanol–water partition coefficient (Wildman–Crippen LogP) is 5.59. The lowest BCUT2D eigenvalue weighted by Gasteiger charge is -2.37. The number of nitrogens with zero attached hydrogens (tertiary/aromatic N) is 1. The number of aryl methyl sites for hydroxylation is 1. The fraction of sp³-hybridized carbons (Fsp3) is 0.360. The first-order valence-corrected chi connectivity index (χ1v) is 10.4. The number of carbonyl (C=O) groups is 1. The lowest BCUT2D eigenvalue weighted by Crippen LogP contribution is -2.35. The Kier molecular flexibility index (Phi) is 5.52. The Morgan fingerprint density at radius 3 is 2.72 bits per heavy atom. The van der Waals surface area contributed by atoms with Gasteiger partial charge in [0.2, 0.25) is 5.91 Å². The molecule has 1 aliphatic rings. The zero-order chi connectivity index (χ0) is 20.3. The van der Waals surface area contributed by atoms with Crippen LogP contribution in [0, 0.1) is 0 Å². The van der Waals surface area contributed by atoms with Crippen molar-refractivity contribution in [1.82, 2.24) is 10.3 Å². The van der Waals surface area contributed by atoms with E-state index in [9.17, 15) is 4.79 Å². The van der Waals surface area contributed by atoms with Gasteiger partial charge in [-0.2, -0.15) is 0 Å². The molecular formula is C25H28N2O2. The van der Waals surface area contributed by atoms with Gasteiger partial charge in [-0.25, -0.2) is 4.98 Å². The van der Waals surface area contributed by atoms with Crippen molar-refractivity contribution in [3.63, 3.8) is 0 Å². The van der Waals surface area contributed by atoms with Crippen molar-refractivity contribution in [2.24, 2.45) is 0 Å². The first-order chi connectivity index (χ1) is 14.0. The van der Waals surface area contributed by atoms with Crippen LogP contribution >= 0.6 is 0 Å². The number of oxazole rings is 1. The van der Waals surface area contributed by atoms with Gasteiger partial charge in [-0.05, 0) is 35.8 Å². The fourth-order valence-corrected chi connectivity index (χ4v) is 4.19. The third kappa shape index (κ3) is 4.42. The van der Waals surface area contributed by atoms with Gasteiger partial charge < -0.3 is 9.73 Å². The van der Waals surface area contributed by atoms with Gasteiger partial charge in [-0.1, -0.05) is 68.4 Å². The van der Waals surface area contributed by atoms with Crippen molar-refractivity contribution in [3.05, 3.63) is 77.8 Å². The SMILES string of the molecule is CC1(C)CCC(NC(=O)CCCc2ncc(-c3ccccc3)o2)c2ccccc21. The molecule has 0 aliphatic heterocycles. The van der Waals surface area contributed by atoms with E-state index in [2.05, 4.69) is 48.4 Å². The van der Waals surface area contributed by atoms with Crippen molar-refractivity contribution in [3.8, 4) is 11.3 Å². The Hall–Kier alpha value is -2.88. The molecule has 3 aromatic rings. The highest BCUT2D eigenvalue weighted by Crippen LogP contribution is 2.41. The molecule has 1 unspecified atom stereocenters. The summed E-state index contributed by atoms with van der Waals surface area (Å²) in [7, 11) is 0. The van der Waals surface area contributed by atoms with Crippen molar-refractivity contribution in [2.75, 3.05) is 0 Å². The molecule has 29 heavy (non-hydrogen) atoms. The molecule has 1 aromatic heterocycles. The van der Waals surface area contributed by atoms with E-state index in [0.29, 0.717) is 18.7 Å². The highest BCUT2D eigenvalue weighted by Gasteiger charge is 2.32. The van der Waals surface area contributed by atoms with Gasteiger partial charge in [-0.3, -0.25) is 4.79 Å². The summed E-state index contributed by atoms with van der Waals surface area (Å²) in [6.07, 6.45) is 5.68. The molecule has 0 saturated carbocycles. The number of aromatic nitrogens is 1. The molecule has 150 valence electrons. The summed E-state index contributed by atoms with van der Waals surface area (Å²) in [5.74, 6) is 1.55. The highest BCUT2D eigenvalue weighted by molar-refractivity contribution is 5.76. The van der Waals surface area contributed by atoms with Crippen LogP contribution in [0.15, 0.2) is 65.2 Å². The third-order valence-electron chi connectivity index (χ3n) is 5.86. The Morgan fingerprint density at radius 2 is 1.90 bits per heavy atom. The number of carbonyl (C=O) groups excluding carboxylic acids is 1. The van der Waals surface area contributed by atoms with E-state index in [1.54, 1.807) is 6.20 Å². The number of rotatable bonds is 6. The molecule has 0 spiro atoms. The Balaban J connectivity index is 1.31. The van der Waals surface area contributed by atoms with E-state index in [-0.39, 0.29) is 17.4 Å². The smallest absolute Gasteiger partial charge is 0.220 e. The summed E-state index contributed by atoms with van der Waals surface area (Å²) >= 11 is 0. The minimum Gasteiger partial charge on any atom is -0.441 e. The first kappa shape index (κ1) is 19.4. The lowest BCUT2D eigenvalue weighted by atomic mass is 9.71. The minimum absolute atomic E-state index is 0.0966. The fourth-order valence-electron chi connectivity index (χ4n) is 4.19. The molecule has 0 fully saturated rings. The molecule has 0 bridgehead atoms. The van der Waals surface area contributed by atoms with Gasteiger partial charge in [0.15, 0.2) is 11.7 Å². The molecule has 1 atom stereocenters. The minimum atomic E-state index is 0.0966. The van der Waals surface area contributed by atoms with Gasteiger partial charge in [0.1, 0.15) is 0 Å². The maximum atomic E-state index is 12.5. The lowest BCUT2D eigenvalue weighted by molar-refractivity contribution is -0.122. The standard InChI is InChI=1S/C25H28N2O2/c1-25(2)16-15-21(19-11-6-7-12-20(19)25)27-23(28)13-8-14-24-26-17-22(29-24)18-9-4-3-5-10-18/h3-7,9-12,17,21H,8,13-16H2,1-2H3,(H,27,28). The Labute approximate surface area is 172 Å². The van der Waals surface area contributed by atoms with E-state index < -0.39 is 0 Å². The highest BCUT2D eigenvalue weighted by atomic mass is 16.4. The summed E-state index contributed by atoms with van der Waals surface area (Å²) in [6.45, 7) is 4.56. The van der Waals surface area contributed by atoms with Crippen LogP contribution in [0.2, 0.25) is 0 Å². The number of amides is 1. The molecule has 1 N–H and O–H groups in total. The molecule has 0 saturated heterocycles. The van der Waals surface area contributed by atoms with Gasteiger partial charge in [0.25, 0.3) is 0 Å². The third-order valence-corrected chi connectivity index (χ3v) is 5.86. The molecule has 1 amide bonds. The van der Waals surface area contributed by atoms with Crippen LogP contribution in [0.5, 0.6) is 0 Å². The molecular weight excluding hydrogens is 360 g/mol. The predicted molar refractivity (Wildman–Crippen MR) is 114 cm³/mol. The summed E-state index contributed by atoms with van der Waals surface area (Å²) in [6, 6.07) is 18.5. The molecule has 4 rings (SSSR count). The van der Waals surface area contributed by atoms with E-state index in [1.807, 2.05) is 30.3 Å². The maximum Gasteiger partial charge on any atom is 0.220 e. The summed E-state index contributed by atoms with van der Waals surface area (Å²) in [5.41, 5.74) is 3.80. The Bertz CT molecular complexity index is 975. The van der Waals surface area contributed by atoms with Crippen molar-refractivity contribution < 1.29 is 9.21 Å². The zero-order valence-corrected chi connectivity index (χ0v) is 17.2. The number of hydrogen-bond donors (Lipinski definition) is 1. The van der Waals surface area contributed by atoms with Crippen molar-refractivity contribution in [2.45, 2.75) is 57.4 Å². The largest absolute Gasteiger partial charge is 0.441 e. The number of benzene rings is 2. The average Bonchev–Trinajstić information content (AvgIpc) is 3.20. The molecule has 4 nitrogen and oxygen atoms in total.